The first kappa shape index (κ1) is 11.4. The molecule has 0 fully saturated rings. The molecule has 0 bridgehead atoms. The zero-order valence-corrected chi connectivity index (χ0v) is 10.2. The van der Waals surface area contributed by atoms with Gasteiger partial charge in [0.25, 0.3) is 5.91 Å². The number of benzene rings is 1. The second-order valence-electron chi connectivity index (χ2n) is 4.03. The minimum atomic E-state index is -0.0905. The molecule has 4 heteroatoms. The highest BCUT2D eigenvalue weighted by atomic mass is 16.2. The summed E-state index contributed by atoms with van der Waals surface area (Å²) in [6, 6.07) is 9.69. The van der Waals surface area contributed by atoms with Gasteiger partial charge in [-0.05, 0) is 11.5 Å². The Morgan fingerprint density at radius 3 is 2.65 bits per heavy atom. The van der Waals surface area contributed by atoms with Gasteiger partial charge < -0.3 is 10.2 Å². The first-order valence-corrected chi connectivity index (χ1v) is 5.42. The van der Waals surface area contributed by atoms with Crippen molar-refractivity contribution in [3.63, 3.8) is 0 Å². The van der Waals surface area contributed by atoms with E-state index in [0.29, 0.717) is 5.69 Å². The number of nitrogens with one attached hydrogen (secondary N) is 1. The molecule has 88 valence electrons. The number of carbonyl (C=O) groups excluding carboxylic acids is 1. The SMILES string of the molecule is CNc1nc(C(=O)N(C)C)cc2ccccc12. The highest BCUT2D eigenvalue weighted by Crippen LogP contribution is 2.22. The van der Waals surface area contributed by atoms with Crippen LogP contribution in [-0.4, -0.2) is 36.9 Å². The summed E-state index contributed by atoms with van der Waals surface area (Å²) in [7, 11) is 5.25. The highest BCUT2D eigenvalue weighted by Gasteiger charge is 2.12. The average Bonchev–Trinajstić information content (AvgIpc) is 2.36. The van der Waals surface area contributed by atoms with Crippen LogP contribution in [-0.2, 0) is 0 Å². The zero-order chi connectivity index (χ0) is 12.4. The van der Waals surface area contributed by atoms with Crippen molar-refractivity contribution in [2.75, 3.05) is 26.5 Å². The molecule has 4 nitrogen and oxygen atoms in total. The van der Waals surface area contributed by atoms with Crippen LogP contribution >= 0.6 is 0 Å². The van der Waals surface area contributed by atoms with E-state index in [1.165, 1.54) is 4.90 Å². The lowest BCUT2D eigenvalue weighted by Crippen LogP contribution is -2.23. The molecular weight excluding hydrogens is 214 g/mol. The van der Waals surface area contributed by atoms with E-state index in [9.17, 15) is 4.79 Å². The van der Waals surface area contributed by atoms with Gasteiger partial charge in [0.2, 0.25) is 0 Å². The Morgan fingerprint density at radius 1 is 1.29 bits per heavy atom. The van der Waals surface area contributed by atoms with Gasteiger partial charge in [-0.25, -0.2) is 4.98 Å². The van der Waals surface area contributed by atoms with E-state index in [2.05, 4.69) is 10.3 Å². The first-order valence-electron chi connectivity index (χ1n) is 5.42. The molecule has 1 heterocycles. The van der Waals surface area contributed by atoms with Crippen LogP contribution in [0.25, 0.3) is 10.8 Å². The van der Waals surface area contributed by atoms with E-state index in [1.54, 1.807) is 21.1 Å². The fourth-order valence-electron chi connectivity index (χ4n) is 1.73. The lowest BCUT2D eigenvalue weighted by Gasteiger charge is -2.12. The molecular formula is C13H15N3O. The molecule has 0 saturated heterocycles. The normalized spacial score (nSPS) is 10.3. The summed E-state index contributed by atoms with van der Waals surface area (Å²) in [6.45, 7) is 0. The maximum Gasteiger partial charge on any atom is 0.272 e. The Morgan fingerprint density at radius 2 is 2.00 bits per heavy atom. The average molecular weight is 229 g/mol. The number of carbonyl (C=O) groups is 1. The van der Waals surface area contributed by atoms with Crippen LogP contribution in [0.5, 0.6) is 0 Å². The van der Waals surface area contributed by atoms with Crippen LogP contribution in [0.1, 0.15) is 10.5 Å². The van der Waals surface area contributed by atoms with Crippen LogP contribution in [0.3, 0.4) is 0 Å². The summed E-state index contributed by atoms with van der Waals surface area (Å²) in [5.74, 6) is 0.639. The standard InChI is InChI=1S/C13H15N3O/c1-14-12-10-7-5-4-6-9(10)8-11(15-12)13(17)16(2)3/h4-8H,1-3H3,(H,14,15). The van der Waals surface area contributed by atoms with Gasteiger partial charge in [-0.3, -0.25) is 4.79 Å². The number of anilines is 1. The fraction of sp³-hybridized carbons (Fsp3) is 0.231. The van der Waals surface area contributed by atoms with Gasteiger partial charge in [-0.15, -0.1) is 0 Å². The maximum absolute atomic E-state index is 11.9. The molecule has 0 aliphatic carbocycles. The summed E-state index contributed by atoms with van der Waals surface area (Å²) in [6.07, 6.45) is 0. The molecule has 0 aliphatic heterocycles. The molecule has 0 saturated carbocycles. The molecule has 0 unspecified atom stereocenters. The molecule has 2 rings (SSSR count). The fourth-order valence-corrected chi connectivity index (χ4v) is 1.73. The molecule has 1 amide bonds. The predicted molar refractivity (Wildman–Crippen MR) is 69.3 cm³/mol. The van der Waals surface area contributed by atoms with E-state index >= 15 is 0 Å². The molecule has 0 spiro atoms. The number of nitrogens with zero attached hydrogens (tertiary/aromatic N) is 2. The summed E-state index contributed by atoms with van der Waals surface area (Å²) < 4.78 is 0. The van der Waals surface area contributed by atoms with Crippen molar-refractivity contribution < 1.29 is 4.79 Å². The number of aromatic nitrogens is 1. The molecule has 0 atom stereocenters. The third kappa shape index (κ3) is 2.06. The monoisotopic (exact) mass is 229 g/mol. The predicted octanol–water partition coefficient (Wildman–Crippen LogP) is 1.98. The Kier molecular flexibility index (Phi) is 2.95. The van der Waals surface area contributed by atoms with Crippen LogP contribution in [0, 0.1) is 0 Å². The summed E-state index contributed by atoms with van der Waals surface area (Å²) in [4.78, 5) is 17.8. The molecule has 0 aliphatic rings. The summed E-state index contributed by atoms with van der Waals surface area (Å²) in [5, 5.41) is 5.05. The molecule has 0 radical (unpaired) electrons. The number of hydrogen-bond donors (Lipinski definition) is 1. The van der Waals surface area contributed by atoms with E-state index in [1.807, 2.05) is 30.3 Å². The zero-order valence-electron chi connectivity index (χ0n) is 10.2. The number of pyridine rings is 1. The summed E-state index contributed by atoms with van der Waals surface area (Å²) >= 11 is 0. The van der Waals surface area contributed by atoms with Crippen molar-refractivity contribution in [3.05, 3.63) is 36.0 Å². The van der Waals surface area contributed by atoms with Gasteiger partial charge in [-0.1, -0.05) is 24.3 Å². The molecule has 1 aromatic carbocycles. The quantitative estimate of drug-likeness (QED) is 0.856. The van der Waals surface area contributed by atoms with Crippen LogP contribution in [0.4, 0.5) is 5.82 Å². The van der Waals surface area contributed by atoms with Gasteiger partial charge in [0.05, 0.1) is 0 Å². The van der Waals surface area contributed by atoms with Gasteiger partial charge >= 0.3 is 0 Å². The minimum absolute atomic E-state index is 0.0905. The number of hydrogen-bond acceptors (Lipinski definition) is 3. The van der Waals surface area contributed by atoms with Crippen molar-refractivity contribution in [1.82, 2.24) is 9.88 Å². The Hall–Kier alpha value is -2.10. The number of rotatable bonds is 2. The highest BCUT2D eigenvalue weighted by molar-refractivity contribution is 6.00. The molecule has 1 N–H and O–H groups in total. The minimum Gasteiger partial charge on any atom is -0.373 e. The Balaban J connectivity index is 2.64. The lowest BCUT2D eigenvalue weighted by atomic mass is 10.1. The number of amides is 1. The van der Waals surface area contributed by atoms with Crippen LogP contribution in [0.15, 0.2) is 30.3 Å². The van der Waals surface area contributed by atoms with Crippen molar-refractivity contribution in [1.29, 1.82) is 0 Å². The summed E-state index contributed by atoms with van der Waals surface area (Å²) in [5.41, 5.74) is 0.457. The van der Waals surface area contributed by atoms with E-state index in [4.69, 9.17) is 0 Å². The topological polar surface area (TPSA) is 45.2 Å². The van der Waals surface area contributed by atoms with Crippen molar-refractivity contribution >= 4 is 22.5 Å². The lowest BCUT2D eigenvalue weighted by molar-refractivity contribution is 0.0822. The van der Waals surface area contributed by atoms with E-state index in [-0.39, 0.29) is 5.91 Å². The van der Waals surface area contributed by atoms with Gasteiger partial charge in [-0.2, -0.15) is 0 Å². The smallest absolute Gasteiger partial charge is 0.272 e. The maximum atomic E-state index is 11.9. The molecule has 1 aromatic heterocycles. The van der Waals surface area contributed by atoms with E-state index < -0.39 is 0 Å². The van der Waals surface area contributed by atoms with Crippen LogP contribution in [0.2, 0.25) is 0 Å². The molecule has 2 aromatic rings. The van der Waals surface area contributed by atoms with Gasteiger partial charge in [0, 0.05) is 26.5 Å². The second-order valence-corrected chi connectivity index (χ2v) is 4.03. The van der Waals surface area contributed by atoms with Gasteiger partial charge in [0.15, 0.2) is 0 Å². The third-order valence-corrected chi connectivity index (χ3v) is 2.60. The Bertz CT molecular complexity index is 564. The Labute approximate surface area is 100 Å². The largest absolute Gasteiger partial charge is 0.373 e. The van der Waals surface area contributed by atoms with Gasteiger partial charge in [0.1, 0.15) is 11.5 Å². The molecule has 17 heavy (non-hydrogen) atoms. The van der Waals surface area contributed by atoms with Crippen molar-refractivity contribution in [2.45, 2.75) is 0 Å². The third-order valence-electron chi connectivity index (χ3n) is 2.60. The van der Waals surface area contributed by atoms with Crippen molar-refractivity contribution in [3.8, 4) is 0 Å². The second kappa shape index (κ2) is 4.41. The van der Waals surface area contributed by atoms with Crippen molar-refractivity contribution in [2.24, 2.45) is 0 Å². The number of fused-ring (bicyclic) bond motifs is 1. The van der Waals surface area contributed by atoms with E-state index in [0.717, 1.165) is 16.6 Å². The van der Waals surface area contributed by atoms with Crippen LogP contribution < -0.4 is 5.32 Å². The first-order chi connectivity index (χ1) is 8.13.